The predicted molar refractivity (Wildman–Crippen MR) is 103 cm³/mol. The van der Waals surface area contributed by atoms with Crippen molar-refractivity contribution in [3.8, 4) is 0 Å². The van der Waals surface area contributed by atoms with Gasteiger partial charge in [-0.25, -0.2) is 9.59 Å². The maximum absolute atomic E-state index is 12.6. The number of hydrogen-bond donors (Lipinski definition) is 1. The Morgan fingerprint density at radius 3 is 2.54 bits per heavy atom. The van der Waals surface area contributed by atoms with E-state index in [4.69, 9.17) is 4.74 Å². The van der Waals surface area contributed by atoms with Gasteiger partial charge in [0.2, 0.25) is 5.91 Å². The van der Waals surface area contributed by atoms with Gasteiger partial charge in [0.15, 0.2) is 0 Å². The van der Waals surface area contributed by atoms with Crippen LogP contribution in [0.2, 0.25) is 0 Å². The summed E-state index contributed by atoms with van der Waals surface area (Å²) in [5, 5.41) is 3.44. The van der Waals surface area contributed by atoms with Gasteiger partial charge in [0.1, 0.15) is 5.00 Å². The number of amides is 3. The van der Waals surface area contributed by atoms with E-state index >= 15 is 0 Å². The third kappa shape index (κ3) is 3.98. The molecule has 7 nitrogen and oxygen atoms in total. The molecule has 9 heteroatoms. The van der Waals surface area contributed by atoms with E-state index in [1.165, 1.54) is 11.3 Å². The van der Waals surface area contributed by atoms with E-state index in [0.29, 0.717) is 43.2 Å². The second-order valence-corrected chi connectivity index (χ2v) is 8.48. The lowest BCUT2D eigenvalue weighted by atomic mass is 10.0. The molecular formula is C17H23N3O4S2. The summed E-state index contributed by atoms with van der Waals surface area (Å²) in [6, 6.07) is -0.183. The van der Waals surface area contributed by atoms with Crippen molar-refractivity contribution in [2.45, 2.75) is 26.8 Å². The summed E-state index contributed by atoms with van der Waals surface area (Å²) in [4.78, 5) is 41.2. The summed E-state index contributed by atoms with van der Waals surface area (Å²) in [5.41, 5.74) is 1.35. The molecule has 1 aromatic rings. The molecule has 1 fully saturated rings. The van der Waals surface area contributed by atoms with Crippen molar-refractivity contribution in [2.24, 2.45) is 0 Å². The average Bonchev–Trinajstić information content (AvgIpc) is 2.99. The molecule has 0 radical (unpaired) electrons. The highest BCUT2D eigenvalue weighted by molar-refractivity contribution is 7.99. The molecule has 2 aliphatic heterocycles. The molecule has 2 aliphatic rings. The fourth-order valence-corrected chi connectivity index (χ4v) is 5.27. The summed E-state index contributed by atoms with van der Waals surface area (Å²) >= 11 is 3.20. The number of esters is 1. The molecule has 0 atom stereocenters. The van der Waals surface area contributed by atoms with E-state index in [0.717, 1.165) is 21.9 Å². The fourth-order valence-electron chi connectivity index (χ4n) is 3.12. The Kier molecular flexibility index (Phi) is 6.08. The molecule has 3 heterocycles. The Bertz CT molecular complexity index is 713. The van der Waals surface area contributed by atoms with Crippen LogP contribution in [0.1, 0.15) is 34.6 Å². The molecule has 142 valence electrons. The standard InChI is InChI=1S/C17H23N3O4S2/c1-3-24-16(22)14-12-4-5-20(11(2)21)10-13(12)26-15(14)18-17(23)19-6-8-25-9-7-19/h3-10H2,1-2H3,(H,18,23). The van der Waals surface area contributed by atoms with Gasteiger partial charge < -0.3 is 14.5 Å². The Hall–Kier alpha value is -1.74. The first-order valence-electron chi connectivity index (χ1n) is 8.72. The third-order valence-corrected chi connectivity index (χ3v) is 6.58. The first-order valence-corrected chi connectivity index (χ1v) is 10.7. The number of nitrogens with zero attached hydrogens (tertiary/aromatic N) is 2. The molecule has 1 aromatic heterocycles. The summed E-state index contributed by atoms with van der Waals surface area (Å²) < 4.78 is 5.21. The van der Waals surface area contributed by atoms with Crippen molar-refractivity contribution < 1.29 is 19.1 Å². The van der Waals surface area contributed by atoms with Crippen molar-refractivity contribution in [3.05, 3.63) is 16.0 Å². The lowest BCUT2D eigenvalue weighted by molar-refractivity contribution is -0.129. The predicted octanol–water partition coefficient (Wildman–Crippen LogP) is 2.41. The summed E-state index contributed by atoms with van der Waals surface area (Å²) in [7, 11) is 0. The highest BCUT2D eigenvalue weighted by Crippen LogP contribution is 2.38. The Labute approximate surface area is 161 Å². The first kappa shape index (κ1) is 19.0. The quantitative estimate of drug-likeness (QED) is 0.793. The molecule has 0 saturated carbocycles. The SMILES string of the molecule is CCOC(=O)c1c(NC(=O)N2CCSCC2)sc2c1CCN(C(C)=O)C2. The van der Waals surface area contributed by atoms with E-state index in [-0.39, 0.29) is 18.5 Å². The maximum Gasteiger partial charge on any atom is 0.341 e. The monoisotopic (exact) mass is 397 g/mol. The molecule has 0 spiro atoms. The van der Waals surface area contributed by atoms with Crippen LogP contribution in [0.4, 0.5) is 9.80 Å². The van der Waals surface area contributed by atoms with Gasteiger partial charge in [0.25, 0.3) is 0 Å². The Morgan fingerprint density at radius 2 is 1.88 bits per heavy atom. The number of urea groups is 1. The zero-order chi connectivity index (χ0) is 18.7. The normalized spacial score (nSPS) is 16.8. The number of ether oxygens (including phenoxy) is 1. The topological polar surface area (TPSA) is 79.0 Å². The van der Waals surface area contributed by atoms with Crippen LogP contribution in [-0.2, 0) is 22.5 Å². The second kappa shape index (κ2) is 8.30. The molecule has 0 aliphatic carbocycles. The molecule has 1 N–H and O–H groups in total. The highest BCUT2D eigenvalue weighted by Gasteiger charge is 2.31. The molecule has 3 rings (SSSR count). The number of fused-ring (bicyclic) bond motifs is 1. The van der Waals surface area contributed by atoms with E-state index in [9.17, 15) is 14.4 Å². The number of rotatable bonds is 3. The van der Waals surface area contributed by atoms with Crippen LogP contribution in [0.5, 0.6) is 0 Å². The molecule has 0 unspecified atom stereocenters. The Balaban J connectivity index is 1.87. The van der Waals surface area contributed by atoms with E-state index in [2.05, 4.69) is 5.32 Å². The van der Waals surface area contributed by atoms with Crippen LogP contribution in [0.15, 0.2) is 0 Å². The van der Waals surface area contributed by atoms with Crippen LogP contribution in [-0.4, -0.2) is 65.5 Å². The number of thioether (sulfide) groups is 1. The van der Waals surface area contributed by atoms with Crippen LogP contribution >= 0.6 is 23.1 Å². The van der Waals surface area contributed by atoms with Crippen LogP contribution in [0, 0.1) is 0 Å². The van der Waals surface area contributed by atoms with Crippen molar-refractivity contribution in [3.63, 3.8) is 0 Å². The molecule has 1 saturated heterocycles. The van der Waals surface area contributed by atoms with E-state index in [1.54, 1.807) is 23.6 Å². The van der Waals surface area contributed by atoms with Gasteiger partial charge in [-0.2, -0.15) is 11.8 Å². The lowest BCUT2D eigenvalue weighted by Crippen LogP contribution is -2.40. The zero-order valence-corrected chi connectivity index (χ0v) is 16.6. The number of thiophene rings is 1. The fraction of sp³-hybridized carbons (Fsp3) is 0.588. The van der Waals surface area contributed by atoms with Crippen LogP contribution < -0.4 is 5.32 Å². The molecule has 0 aromatic carbocycles. The summed E-state index contributed by atoms with van der Waals surface area (Å²) in [6.45, 7) is 6.03. The van der Waals surface area contributed by atoms with Gasteiger partial charge in [-0.15, -0.1) is 11.3 Å². The zero-order valence-electron chi connectivity index (χ0n) is 15.0. The molecular weight excluding hydrogens is 374 g/mol. The minimum absolute atomic E-state index is 0.0122. The largest absolute Gasteiger partial charge is 0.462 e. The van der Waals surface area contributed by atoms with Crippen molar-refractivity contribution in [2.75, 3.05) is 43.1 Å². The van der Waals surface area contributed by atoms with Crippen molar-refractivity contribution in [1.82, 2.24) is 9.80 Å². The van der Waals surface area contributed by atoms with E-state index in [1.807, 2.05) is 11.8 Å². The highest BCUT2D eigenvalue weighted by atomic mass is 32.2. The molecule has 26 heavy (non-hydrogen) atoms. The first-order chi connectivity index (χ1) is 12.5. The number of anilines is 1. The summed E-state index contributed by atoms with van der Waals surface area (Å²) in [5.74, 6) is 1.45. The van der Waals surface area contributed by atoms with Crippen LogP contribution in [0.25, 0.3) is 0 Å². The smallest absolute Gasteiger partial charge is 0.341 e. The van der Waals surface area contributed by atoms with Gasteiger partial charge in [0.05, 0.1) is 18.7 Å². The van der Waals surface area contributed by atoms with Gasteiger partial charge in [0, 0.05) is 42.9 Å². The number of carbonyl (C=O) groups is 3. The molecule has 0 bridgehead atoms. The average molecular weight is 398 g/mol. The van der Waals surface area contributed by atoms with Gasteiger partial charge >= 0.3 is 12.0 Å². The summed E-state index contributed by atoms with van der Waals surface area (Å²) in [6.07, 6.45) is 0.593. The minimum atomic E-state index is -0.411. The number of hydrogen-bond acceptors (Lipinski definition) is 6. The van der Waals surface area contributed by atoms with Crippen LogP contribution in [0.3, 0.4) is 0 Å². The lowest BCUT2D eigenvalue weighted by Gasteiger charge is -2.26. The van der Waals surface area contributed by atoms with Crippen molar-refractivity contribution in [1.29, 1.82) is 0 Å². The maximum atomic E-state index is 12.6. The van der Waals surface area contributed by atoms with E-state index < -0.39 is 5.97 Å². The second-order valence-electron chi connectivity index (χ2n) is 6.15. The molecule has 3 amide bonds. The minimum Gasteiger partial charge on any atom is -0.462 e. The number of carbonyl (C=O) groups excluding carboxylic acids is 3. The third-order valence-electron chi connectivity index (χ3n) is 4.50. The number of nitrogens with one attached hydrogen (secondary N) is 1. The Morgan fingerprint density at radius 1 is 1.15 bits per heavy atom. The van der Waals surface area contributed by atoms with Gasteiger partial charge in [-0.05, 0) is 18.9 Å². The van der Waals surface area contributed by atoms with Crippen molar-refractivity contribution >= 4 is 46.0 Å². The van der Waals surface area contributed by atoms with Gasteiger partial charge in [-0.1, -0.05) is 0 Å². The van der Waals surface area contributed by atoms with Gasteiger partial charge in [-0.3, -0.25) is 10.1 Å².